The molecule has 1 saturated carbocycles. The second-order valence-electron chi connectivity index (χ2n) is 8.05. The van der Waals surface area contributed by atoms with Crippen molar-refractivity contribution in [1.82, 2.24) is 19.3 Å². The Kier molecular flexibility index (Phi) is 5.95. The van der Waals surface area contributed by atoms with E-state index in [0.29, 0.717) is 17.4 Å². The van der Waals surface area contributed by atoms with Gasteiger partial charge in [0, 0.05) is 24.7 Å². The summed E-state index contributed by atoms with van der Waals surface area (Å²) in [5.74, 6) is 1.85. The van der Waals surface area contributed by atoms with Gasteiger partial charge in [-0.25, -0.2) is 0 Å². The van der Waals surface area contributed by atoms with Crippen LogP contribution in [0.2, 0.25) is 0 Å². The lowest BCUT2D eigenvalue weighted by Gasteiger charge is -2.19. The van der Waals surface area contributed by atoms with Gasteiger partial charge in [-0.1, -0.05) is 31.0 Å². The van der Waals surface area contributed by atoms with E-state index in [9.17, 15) is 10.1 Å². The van der Waals surface area contributed by atoms with Crippen LogP contribution < -0.4 is 5.32 Å². The minimum atomic E-state index is -0.103. The van der Waals surface area contributed by atoms with Crippen LogP contribution >= 0.6 is 11.8 Å². The number of aromatic nitrogens is 4. The van der Waals surface area contributed by atoms with Crippen LogP contribution in [-0.4, -0.2) is 31.0 Å². The summed E-state index contributed by atoms with van der Waals surface area (Å²) in [5, 5.41) is 22.1. The Balaban J connectivity index is 1.50. The Labute approximate surface area is 175 Å². The average molecular weight is 413 g/mol. The summed E-state index contributed by atoms with van der Waals surface area (Å²) in [6, 6.07) is 2.67. The van der Waals surface area contributed by atoms with Crippen LogP contribution in [-0.2, 0) is 17.8 Å². The van der Waals surface area contributed by atoms with Crippen molar-refractivity contribution in [3.63, 3.8) is 0 Å². The molecule has 29 heavy (non-hydrogen) atoms. The minimum absolute atomic E-state index is 0.103. The Bertz CT molecular complexity index is 948. The Morgan fingerprint density at radius 2 is 2.00 bits per heavy atom. The standard InChI is InChI=1S/C21H28N6OS/c1-14-15(2)27(16-8-5-6-9-16)20(17(14)12-22)23-19(28)13-29-21-25-24-18-10-4-3-7-11-26(18)21/h16H,3-11,13H2,1-2H3,(H,23,28). The number of anilines is 1. The van der Waals surface area contributed by atoms with E-state index < -0.39 is 0 Å². The Morgan fingerprint density at radius 1 is 1.21 bits per heavy atom. The lowest BCUT2D eigenvalue weighted by atomic mass is 10.2. The highest BCUT2D eigenvalue weighted by molar-refractivity contribution is 7.99. The van der Waals surface area contributed by atoms with Gasteiger partial charge in [0.05, 0.1) is 11.3 Å². The van der Waals surface area contributed by atoms with Crippen molar-refractivity contribution in [3.05, 3.63) is 22.6 Å². The van der Waals surface area contributed by atoms with Gasteiger partial charge in [0.25, 0.3) is 0 Å². The SMILES string of the molecule is Cc1c(C#N)c(NC(=O)CSc2nnc3n2CCCCC3)n(C2CCCC2)c1C. The molecular weight excluding hydrogens is 384 g/mol. The topological polar surface area (TPSA) is 88.5 Å². The van der Waals surface area contributed by atoms with Gasteiger partial charge in [0.15, 0.2) is 5.16 Å². The van der Waals surface area contributed by atoms with Crippen LogP contribution in [0, 0.1) is 25.2 Å². The predicted molar refractivity (Wildman–Crippen MR) is 113 cm³/mol. The van der Waals surface area contributed by atoms with E-state index in [4.69, 9.17) is 0 Å². The molecule has 0 unspecified atom stereocenters. The highest BCUT2D eigenvalue weighted by Crippen LogP contribution is 2.37. The molecule has 154 valence electrons. The lowest BCUT2D eigenvalue weighted by Crippen LogP contribution is -2.20. The van der Waals surface area contributed by atoms with Crippen LogP contribution in [0.25, 0.3) is 0 Å². The first-order valence-electron chi connectivity index (χ1n) is 10.6. The number of rotatable bonds is 5. The fraction of sp³-hybridized carbons (Fsp3) is 0.619. The number of nitrogens with one attached hydrogen (secondary N) is 1. The minimum Gasteiger partial charge on any atom is -0.327 e. The first-order chi connectivity index (χ1) is 14.1. The largest absolute Gasteiger partial charge is 0.327 e. The van der Waals surface area contributed by atoms with E-state index >= 15 is 0 Å². The van der Waals surface area contributed by atoms with E-state index in [1.54, 1.807) is 0 Å². The number of carbonyl (C=O) groups excluding carboxylic acids is 1. The van der Waals surface area contributed by atoms with Crippen molar-refractivity contribution >= 4 is 23.5 Å². The van der Waals surface area contributed by atoms with E-state index in [1.165, 1.54) is 31.0 Å². The second-order valence-corrected chi connectivity index (χ2v) is 8.99. The Morgan fingerprint density at radius 3 is 2.76 bits per heavy atom. The van der Waals surface area contributed by atoms with Gasteiger partial charge in [0.1, 0.15) is 17.7 Å². The number of nitrogens with zero attached hydrogens (tertiary/aromatic N) is 5. The molecule has 1 aliphatic carbocycles. The highest BCUT2D eigenvalue weighted by Gasteiger charge is 2.27. The van der Waals surface area contributed by atoms with Gasteiger partial charge in [-0.3, -0.25) is 4.79 Å². The maximum Gasteiger partial charge on any atom is 0.235 e. The number of amides is 1. The molecular formula is C21H28N6OS. The van der Waals surface area contributed by atoms with E-state index in [2.05, 4.69) is 30.7 Å². The Hall–Kier alpha value is -2.27. The van der Waals surface area contributed by atoms with Crippen molar-refractivity contribution < 1.29 is 4.79 Å². The summed E-state index contributed by atoms with van der Waals surface area (Å²) in [6.45, 7) is 4.94. The van der Waals surface area contributed by atoms with Gasteiger partial charge >= 0.3 is 0 Å². The smallest absolute Gasteiger partial charge is 0.235 e. The summed E-state index contributed by atoms with van der Waals surface area (Å²) >= 11 is 1.43. The zero-order chi connectivity index (χ0) is 20.4. The maximum atomic E-state index is 12.8. The zero-order valence-electron chi connectivity index (χ0n) is 17.2. The molecule has 0 atom stereocenters. The fourth-order valence-electron chi connectivity index (χ4n) is 4.57. The fourth-order valence-corrected chi connectivity index (χ4v) is 5.35. The monoisotopic (exact) mass is 412 g/mol. The predicted octanol–water partition coefficient (Wildman–Crippen LogP) is 4.14. The van der Waals surface area contributed by atoms with Crippen molar-refractivity contribution in [1.29, 1.82) is 5.26 Å². The van der Waals surface area contributed by atoms with Crippen molar-refractivity contribution in [2.45, 2.75) is 83.0 Å². The molecule has 0 radical (unpaired) electrons. The summed E-state index contributed by atoms with van der Waals surface area (Å²) in [4.78, 5) is 12.8. The van der Waals surface area contributed by atoms with Crippen LogP contribution in [0.3, 0.4) is 0 Å². The molecule has 2 aliphatic rings. The summed E-state index contributed by atoms with van der Waals surface area (Å²) in [6.07, 6.45) is 9.04. The van der Waals surface area contributed by atoms with Crippen LogP contribution in [0.1, 0.15) is 73.6 Å². The number of aryl methyl sites for hydroxylation is 1. The number of hydrogen-bond donors (Lipinski definition) is 1. The third-order valence-electron chi connectivity index (χ3n) is 6.22. The number of nitriles is 1. The van der Waals surface area contributed by atoms with Crippen molar-refractivity contribution in [2.75, 3.05) is 11.1 Å². The summed E-state index contributed by atoms with van der Waals surface area (Å²) in [7, 11) is 0. The number of thioether (sulfide) groups is 1. The first kappa shape index (κ1) is 20.0. The van der Waals surface area contributed by atoms with Crippen LogP contribution in [0.4, 0.5) is 5.82 Å². The molecule has 0 spiro atoms. The van der Waals surface area contributed by atoms with Crippen molar-refractivity contribution in [3.8, 4) is 6.07 Å². The van der Waals surface area contributed by atoms with Crippen LogP contribution in [0.5, 0.6) is 0 Å². The molecule has 2 aromatic rings. The summed E-state index contributed by atoms with van der Waals surface area (Å²) < 4.78 is 4.34. The van der Waals surface area contributed by atoms with Gasteiger partial charge in [-0.15, -0.1) is 10.2 Å². The zero-order valence-corrected chi connectivity index (χ0v) is 18.0. The first-order valence-corrected chi connectivity index (χ1v) is 11.5. The third kappa shape index (κ3) is 3.93. The van der Waals surface area contributed by atoms with Gasteiger partial charge in [0.2, 0.25) is 5.91 Å². The molecule has 1 N–H and O–H groups in total. The van der Waals surface area contributed by atoms with Crippen molar-refractivity contribution in [2.24, 2.45) is 0 Å². The van der Waals surface area contributed by atoms with Gasteiger partial charge < -0.3 is 14.5 Å². The molecule has 8 heteroatoms. The average Bonchev–Trinajstić information content (AvgIpc) is 3.37. The maximum absolute atomic E-state index is 12.8. The van der Waals surface area contributed by atoms with E-state index in [1.807, 2.05) is 13.8 Å². The van der Waals surface area contributed by atoms with E-state index in [-0.39, 0.29) is 11.7 Å². The normalized spacial score (nSPS) is 17.0. The molecule has 4 rings (SSSR count). The third-order valence-corrected chi connectivity index (χ3v) is 7.19. The second kappa shape index (κ2) is 8.62. The number of fused-ring (bicyclic) bond motifs is 1. The van der Waals surface area contributed by atoms with Crippen LogP contribution in [0.15, 0.2) is 5.16 Å². The quantitative estimate of drug-likeness (QED) is 0.746. The van der Waals surface area contributed by atoms with E-state index in [0.717, 1.165) is 60.9 Å². The summed E-state index contributed by atoms with van der Waals surface area (Å²) in [5.41, 5.74) is 2.63. The molecule has 7 nitrogen and oxygen atoms in total. The number of hydrogen-bond acceptors (Lipinski definition) is 5. The number of carbonyl (C=O) groups is 1. The molecule has 2 aromatic heterocycles. The molecule has 0 bridgehead atoms. The van der Waals surface area contributed by atoms with Gasteiger partial charge in [-0.05, 0) is 45.1 Å². The lowest BCUT2D eigenvalue weighted by molar-refractivity contribution is -0.113. The molecule has 0 aromatic carbocycles. The highest BCUT2D eigenvalue weighted by atomic mass is 32.2. The van der Waals surface area contributed by atoms with Gasteiger partial charge in [-0.2, -0.15) is 5.26 Å². The molecule has 1 amide bonds. The molecule has 0 saturated heterocycles. The molecule has 1 fully saturated rings. The molecule has 3 heterocycles. The molecule has 1 aliphatic heterocycles.